The summed E-state index contributed by atoms with van der Waals surface area (Å²) in [6, 6.07) is 47.8. The number of methoxy groups -OCH3 is 1. The number of ether oxygens (including phenoxy) is 2. The molecular weight excluding hydrogens is 1580 g/mol. The third-order valence-corrected chi connectivity index (χ3v) is 35.4. The fraction of sp³-hybridized carbons (Fsp3) is 0.559. The molecule has 6 aliphatic heterocycles. The van der Waals surface area contributed by atoms with Gasteiger partial charge in [-0.15, -0.1) is 0 Å². The molecule has 680 valence electrons. The van der Waals surface area contributed by atoms with Gasteiger partial charge in [-0.1, -0.05) is 171 Å². The van der Waals surface area contributed by atoms with Gasteiger partial charge in [-0.25, -0.2) is 0 Å². The molecule has 5 unspecified atom stereocenters. The molecule has 127 heavy (non-hydrogen) atoms. The van der Waals surface area contributed by atoms with Crippen LogP contribution in [0.1, 0.15) is 250 Å². The lowest BCUT2D eigenvalue weighted by Gasteiger charge is -2.64. The van der Waals surface area contributed by atoms with Crippen molar-refractivity contribution in [3.05, 3.63) is 241 Å². The highest BCUT2D eigenvalue weighted by Crippen LogP contribution is 2.64. The summed E-state index contributed by atoms with van der Waals surface area (Å²) in [6.07, 6.45) is 34.2. The van der Waals surface area contributed by atoms with Crippen LogP contribution in [0.15, 0.2) is 175 Å². The molecule has 0 radical (unpaired) electrons. The number of aromatic hydroxyl groups is 6. The number of rotatable bonds is 11. The van der Waals surface area contributed by atoms with Gasteiger partial charge in [-0.05, 0) is 362 Å². The number of aliphatic hydroxyl groups is 1. The highest BCUT2D eigenvalue weighted by Gasteiger charge is 2.65. The average molecular weight is 1720 g/mol. The number of allylic oxidation sites excluding steroid dienone is 3. The monoisotopic (exact) mass is 1720 g/mol. The first-order valence-electron chi connectivity index (χ1n) is 48.8. The standard InChI is InChI=1S/C22H27NO.C21H29NO2.C19H27NO.C18H19NO3.C16H23NO.C15H21NO2/c1-16-21-14-18-8-9-19(24)15-20(18)22(16,2)11-13-23(21)12-10-17-6-4-3-5-7-17;23-17-7-6-16-12-19-21(24)9-2-1-8-20(21,18(16)13-17)10-11-22(19)14-15-4-3-5-15;1-13(2)7-9-20-10-8-19(4)14(3)18(20)11-15-5-6-16(21)12-17(15)19;1-19-8-7-18-11-4-6-14(21-2)17(18)22-16-13(20)5-3-10(15(16)18)9-12(11)19;1-16-8-4-2-3-5-14(15(16)17)13-7-6-12(18)9-11(13)10-16;1-3-14(18)15(7-9-16(2)10-8-15)12-5-4-6-13(17)11-12/h3-9,15-16,21,24H,10-14H2,1-2H3;6-7,13,15,19,23-24H,1-5,8-12,14H2;5-7,12,14,18,21H,8-11H2,1-4H3;3-6,12,17,20H,7-9H2,1-2H3;6-7,9,14-15,18H,2-5,8,10,17H2,1H3;4-6,11,17H,3,7-10H2,1-2H3/t16?,21?,22-;19-,20+,21-;14?,18?,19-;12-,17+,18+;14-,15?,16+;/m11110./s1. The molecule has 6 heterocycles. The van der Waals surface area contributed by atoms with Gasteiger partial charge in [-0.3, -0.25) is 24.4 Å². The lowest BCUT2D eigenvalue weighted by molar-refractivity contribution is -0.169. The van der Waals surface area contributed by atoms with Gasteiger partial charge in [0.2, 0.25) is 0 Å². The number of nitrogens with two attached hydrogens (primary N) is 1. The predicted octanol–water partition coefficient (Wildman–Crippen LogP) is 19.2. The van der Waals surface area contributed by atoms with E-state index in [4.69, 9.17) is 15.2 Å². The van der Waals surface area contributed by atoms with Crippen molar-refractivity contribution in [1.82, 2.24) is 24.5 Å². The molecule has 5 saturated heterocycles. The first-order valence-corrected chi connectivity index (χ1v) is 48.8. The number of piperidine rings is 5. The Bertz CT molecular complexity index is 5240. The number of carbonyl (C=O) groups is 1. The number of fused-ring (bicyclic) bond motifs is 13. The van der Waals surface area contributed by atoms with Crippen molar-refractivity contribution in [1.29, 1.82) is 0 Å². The van der Waals surface area contributed by atoms with Crippen LogP contribution in [0.4, 0.5) is 0 Å². The zero-order valence-corrected chi connectivity index (χ0v) is 78.0. The maximum atomic E-state index is 12.4. The molecule has 15 atom stereocenters. The summed E-state index contributed by atoms with van der Waals surface area (Å²) in [5.74, 6) is 6.46. The predicted molar refractivity (Wildman–Crippen MR) is 508 cm³/mol. The van der Waals surface area contributed by atoms with E-state index < -0.39 is 5.60 Å². The molecule has 22 rings (SSSR count). The number of phenols is 6. The van der Waals surface area contributed by atoms with E-state index in [1.807, 2.05) is 73.7 Å². The highest BCUT2D eigenvalue weighted by atomic mass is 16.5. The largest absolute Gasteiger partial charge is 0.508 e. The lowest BCUT2D eigenvalue weighted by atomic mass is 9.49. The van der Waals surface area contributed by atoms with E-state index in [9.17, 15) is 40.5 Å². The molecule has 16 nitrogen and oxygen atoms in total. The van der Waals surface area contributed by atoms with Crippen molar-refractivity contribution in [3.63, 3.8) is 0 Å². The minimum absolute atomic E-state index is 0.127. The molecule has 9 N–H and O–H groups in total. The first kappa shape index (κ1) is 90.5. The van der Waals surface area contributed by atoms with Crippen LogP contribution >= 0.6 is 0 Å². The van der Waals surface area contributed by atoms with E-state index in [1.165, 1.54) is 150 Å². The van der Waals surface area contributed by atoms with Gasteiger partial charge < -0.3 is 55.9 Å². The van der Waals surface area contributed by atoms with Crippen LogP contribution in [0.2, 0.25) is 0 Å². The minimum atomic E-state index is -0.603. The molecule has 7 aromatic rings. The van der Waals surface area contributed by atoms with Crippen LogP contribution < -0.4 is 10.5 Å². The van der Waals surface area contributed by atoms with Crippen molar-refractivity contribution < 1.29 is 50.0 Å². The minimum Gasteiger partial charge on any atom is -0.508 e. The summed E-state index contributed by atoms with van der Waals surface area (Å²) < 4.78 is 11.8. The number of nitrogens with zero attached hydrogens (tertiary/aromatic N) is 5. The van der Waals surface area contributed by atoms with Gasteiger partial charge in [0.15, 0.2) is 17.6 Å². The molecule has 15 aliphatic rings. The van der Waals surface area contributed by atoms with Gasteiger partial charge in [-0.2, -0.15) is 0 Å². The summed E-state index contributed by atoms with van der Waals surface area (Å²) in [5.41, 5.74) is 24.6. The smallest absolute Gasteiger partial charge is 0.169 e. The van der Waals surface area contributed by atoms with Gasteiger partial charge in [0.25, 0.3) is 0 Å². The van der Waals surface area contributed by atoms with Gasteiger partial charge >= 0.3 is 0 Å². The molecule has 9 aliphatic carbocycles. The van der Waals surface area contributed by atoms with Crippen molar-refractivity contribution in [2.75, 3.05) is 80.1 Å². The zero-order chi connectivity index (χ0) is 89.3. The molecule has 0 amide bonds. The molecule has 3 saturated carbocycles. The first-order chi connectivity index (χ1) is 61.0. The molecule has 8 fully saturated rings. The van der Waals surface area contributed by atoms with E-state index >= 15 is 0 Å². The average Bonchev–Trinajstić information content (AvgIpc) is 1.66. The molecule has 16 heteroatoms. The quantitative estimate of drug-likeness (QED) is 0.0565. The Morgan fingerprint density at radius 1 is 0.575 bits per heavy atom. The molecular formula is C111H146N6O10. The second kappa shape index (κ2) is 36.4. The van der Waals surface area contributed by atoms with E-state index in [0.717, 1.165) is 153 Å². The van der Waals surface area contributed by atoms with Gasteiger partial charge in [0.1, 0.15) is 40.3 Å². The maximum absolute atomic E-state index is 12.4. The summed E-state index contributed by atoms with van der Waals surface area (Å²) in [7, 11) is 5.98. The molecule has 10 bridgehead atoms. The highest BCUT2D eigenvalue weighted by molar-refractivity contribution is 5.90. The lowest BCUT2D eigenvalue weighted by Crippen LogP contribution is -2.72. The summed E-state index contributed by atoms with van der Waals surface area (Å²) in [4.78, 5) is 25.1. The summed E-state index contributed by atoms with van der Waals surface area (Å²) in [6.45, 7) is 27.9. The van der Waals surface area contributed by atoms with E-state index in [1.54, 1.807) is 25.3 Å². The molecule has 0 aromatic heterocycles. The Labute approximate surface area is 757 Å². The number of Topliss-reactive ketones (excluding diaryl/α,β-unsaturated/α-hetero) is 1. The summed E-state index contributed by atoms with van der Waals surface area (Å²) >= 11 is 0. The number of benzene rings is 7. The van der Waals surface area contributed by atoms with E-state index in [-0.39, 0.29) is 62.2 Å². The topological polar surface area (TPSA) is 219 Å². The Hall–Kier alpha value is -8.45. The Balaban J connectivity index is 0.000000108. The third kappa shape index (κ3) is 16.6. The van der Waals surface area contributed by atoms with Gasteiger partial charge in [0.05, 0.1) is 23.5 Å². The number of likely N-dealkylation sites (tertiary alicyclic amines) is 5. The van der Waals surface area contributed by atoms with Crippen LogP contribution in [-0.2, 0) is 75.1 Å². The number of ketones is 1. The van der Waals surface area contributed by atoms with Gasteiger partial charge in [0, 0.05) is 67.2 Å². The maximum Gasteiger partial charge on any atom is 0.169 e. The second-order valence-corrected chi connectivity index (χ2v) is 42.4. The zero-order valence-electron chi connectivity index (χ0n) is 78.0. The van der Waals surface area contributed by atoms with Crippen molar-refractivity contribution in [3.8, 4) is 40.2 Å². The van der Waals surface area contributed by atoms with Crippen molar-refractivity contribution >= 4 is 5.78 Å². The normalized spacial score (nSPS) is 31.9. The Morgan fingerprint density at radius 3 is 1.84 bits per heavy atom. The van der Waals surface area contributed by atoms with Crippen LogP contribution in [0.25, 0.3) is 0 Å². The molecule has 1 spiro atoms. The third-order valence-electron chi connectivity index (χ3n) is 35.4. The number of hydrogen-bond donors (Lipinski definition) is 8. The van der Waals surface area contributed by atoms with Crippen LogP contribution in [0.3, 0.4) is 0 Å². The number of hydrogen-bond acceptors (Lipinski definition) is 16. The van der Waals surface area contributed by atoms with Crippen LogP contribution in [0, 0.1) is 23.2 Å². The van der Waals surface area contributed by atoms with Crippen LogP contribution in [0.5, 0.6) is 40.2 Å². The Kier molecular flexibility index (Phi) is 25.9. The van der Waals surface area contributed by atoms with E-state index in [2.05, 4.69) is 160 Å². The van der Waals surface area contributed by atoms with Crippen molar-refractivity contribution in [2.24, 2.45) is 28.9 Å². The van der Waals surface area contributed by atoms with E-state index in [0.29, 0.717) is 76.8 Å². The molecule has 7 aromatic carbocycles. The number of carbonyl (C=O) groups excluding carboxylic acids is 1. The number of likely N-dealkylation sites (N-methyl/N-ethyl adjacent to an activating group) is 1. The van der Waals surface area contributed by atoms with Crippen molar-refractivity contribution in [2.45, 2.75) is 291 Å². The second-order valence-electron chi connectivity index (χ2n) is 42.4. The summed E-state index contributed by atoms with van der Waals surface area (Å²) in [5, 5.41) is 71.5. The fourth-order valence-electron chi connectivity index (χ4n) is 27.2. The Morgan fingerprint density at radius 2 is 1.19 bits per heavy atom. The fourth-order valence-corrected chi connectivity index (χ4v) is 27.2. The van der Waals surface area contributed by atoms with Crippen LogP contribution in [-0.4, -0.2) is 188 Å². The SMILES string of the molecule is CC(C)=CCN1CC[C@@]2(C)c3cc(O)ccc3CC1C2C.CC1C2Cc3ccc(O)cc3[C@]1(C)CCN2CCc1ccccc1.CCC(=O)C1(c2cccc(O)c2)CCN(C)CC1.COC1=CC=C2[C@H]3Cc4ccc(O)c5c4[C@@]2(CCN3C)[C@H]1O5.C[C@@]12CCCCC[C@@H](c3ccc(O)cc3C1)C2N.Oc1ccc2c(c1)[C@@]13CCCC[C@@]1(O)[C@@H](C2)N(CC1CCC1)CC3. The number of phenolic OH excluding ortho intramolecular Hbond substituents is 6.